The van der Waals surface area contributed by atoms with Gasteiger partial charge in [0.2, 0.25) is 10.0 Å². The highest BCUT2D eigenvalue weighted by molar-refractivity contribution is 7.88. The van der Waals surface area contributed by atoms with Crippen LogP contribution in [0.15, 0.2) is 24.3 Å². The predicted octanol–water partition coefficient (Wildman–Crippen LogP) is 1.30. The molecule has 1 aromatic rings. The first-order valence-electron chi connectivity index (χ1n) is 6.41. The minimum absolute atomic E-state index is 0.0132. The third-order valence-electron chi connectivity index (χ3n) is 3.29. The Bertz CT molecular complexity index is 555. The molecule has 0 amide bonds. The lowest BCUT2D eigenvalue weighted by atomic mass is 9.95. The highest BCUT2D eigenvalue weighted by Gasteiger charge is 2.31. The van der Waals surface area contributed by atoms with Crippen LogP contribution in [0.3, 0.4) is 0 Å². The molecule has 0 aromatic heterocycles. The van der Waals surface area contributed by atoms with Crippen LogP contribution in [0.4, 0.5) is 0 Å². The molecule has 0 spiro atoms. The molecule has 1 aromatic carbocycles. The summed E-state index contributed by atoms with van der Waals surface area (Å²) in [5.41, 5.74) is -0.399. The number of ether oxygens (including phenoxy) is 1. The van der Waals surface area contributed by atoms with Gasteiger partial charge < -0.3 is 9.84 Å². The minimum Gasteiger partial charge on any atom is -0.388 e. The van der Waals surface area contributed by atoms with Gasteiger partial charge in [-0.3, -0.25) is 0 Å². The van der Waals surface area contributed by atoms with Crippen molar-refractivity contribution in [2.45, 2.75) is 24.2 Å². The SMILES string of the molecule is O=S(=O)(Cc1cccc(Cl)c1)NCC1(O)CCOCC1. The molecular formula is C13H18ClNO4S. The Morgan fingerprint density at radius 2 is 2.05 bits per heavy atom. The first kappa shape index (κ1) is 15.7. The van der Waals surface area contributed by atoms with E-state index in [9.17, 15) is 13.5 Å². The fourth-order valence-corrected chi connectivity index (χ4v) is 3.49. The van der Waals surface area contributed by atoms with E-state index in [2.05, 4.69) is 4.72 Å². The molecule has 1 fully saturated rings. The molecule has 1 aliphatic heterocycles. The summed E-state index contributed by atoms with van der Waals surface area (Å²) < 4.78 is 31.6. The van der Waals surface area contributed by atoms with Gasteiger partial charge >= 0.3 is 0 Å². The molecule has 2 N–H and O–H groups in total. The molecule has 0 radical (unpaired) electrons. The van der Waals surface area contributed by atoms with Gasteiger partial charge in [0.05, 0.1) is 11.4 Å². The molecule has 0 aliphatic carbocycles. The lowest BCUT2D eigenvalue weighted by Gasteiger charge is -2.31. The summed E-state index contributed by atoms with van der Waals surface area (Å²) in [6.45, 7) is 0.915. The van der Waals surface area contributed by atoms with Crippen LogP contribution in [0.1, 0.15) is 18.4 Å². The highest BCUT2D eigenvalue weighted by atomic mass is 35.5. The molecule has 0 atom stereocenters. The van der Waals surface area contributed by atoms with Gasteiger partial charge in [0.1, 0.15) is 0 Å². The fourth-order valence-electron chi connectivity index (χ4n) is 2.07. The molecule has 0 bridgehead atoms. The Morgan fingerprint density at radius 1 is 1.35 bits per heavy atom. The van der Waals surface area contributed by atoms with Crippen molar-refractivity contribution in [3.63, 3.8) is 0 Å². The second-order valence-electron chi connectivity index (χ2n) is 5.05. The van der Waals surface area contributed by atoms with Crippen molar-refractivity contribution < 1.29 is 18.3 Å². The van der Waals surface area contributed by atoms with Crippen molar-refractivity contribution in [1.82, 2.24) is 4.72 Å². The Labute approximate surface area is 124 Å². The maximum atomic E-state index is 12.0. The second kappa shape index (κ2) is 6.41. The molecule has 0 saturated carbocycles. The number of sulfonamides is 1. The van der Waals surface area contributed by atoms with Gasteiger partial charge in [-0.25, -0.2) is 13.1 Å². The molecule has 0 unspecified atom stereocenters. The van der Waals surface area contributed by atoms with E-state index in [0.29, 0.717) is 36.6 Å². The first-order chi connectivity index (χ1) is 9.39. The van der Waals surface area contributed by atoms with Gasteiger partial charge in [-0.1, -0.05) is 23.7 Å². The average molecular weight is 320 g/mol. The number of hydrogen-bond acceptors (Lipinski definition) is 4. The van der Waals surface area contributed by atoms with E-state index >= 15 is 0 Å². The summed E-state index contributed by atoms with van der Waals surface area (Å²) in [6, 6.07) is 6.72. The van der Waals surface area contributed by atoms with Crippen LogP contribution in [-0.2, 0) is 20.5 Å². The van der Waals surface area contributed by atoms with Crippen LogP contribution in [0, 0.1) is 0 Å². The molecule has 1 saturated heterocycles. The van der Waals surface area contributed by atoms with E-state index in [-0.39, 0.29) is 12.3 Å². The molecule has 20 heavy (non-hydrogen) atoms. The number of nitrogens with one attached hydrogen (secondary N) is 1. The van der Waals surface area contributed by atoms with Crippen LogP contribution in [-0.4, -0.2) is 38.9 Å². The van der Waals surface area contributed by atoms with Crippen LogP contribution in [0.5, 0.6) is 0 Å². The monoisotopic (exact) mass is 319 g/mol. The standard InChI is InChI=1S/C13H18ClNO4S/c14-12-3-1-2-11(8-12)9-20(17,18)15-10-13(16)4-6-19-7-5-13/h1-3,8,15-16H,4-7,9-10H2. The van der Waals surface area contributed by atoms with Crippen molar-refractivity contribution >= 4 is 21.6 Å². The Kier molecular flexibility index (Phi) is 5.04. The van der Waals surface area contributed by atoms with Gasteiger partial charge in [0.15, 0.2) is 0 Å². The van der Waals surface area contributed by atoms with Crippen LogP contribution >= 0.6 is 11.6 Å². The van der Waals surface area contributed by atoms with E-state index in [1.807, 2.05) is 0 Å². The van der Waals surface area contributed by atoms with Crippen molar-refractivity contribution in [1.29, 1.82) is 0 Å². The molecule has 1 aliphatic rings. The summed E-state index contributed by atoms with van der Waals surface area (Å²) >= 11 is 5.83. The third kappa shape index (κ3) is 4.71. The molecule has 7 heteroatoms. The quantitative estimate of drug-likeness (QED) is 0.858. The molecule has 1 heterocycles. The Morgan fingerprint density at radius 3 is 2.70 bits per heavy atom. The van der Waals surface area contributed by atoms with Crippen LogP contribution in [0.2, 0.25) is 5.02 Å². The van der Waals surface area contributed by atoms with E-state index in [1.54, 1.807) is 24.3 Å². The zero-order valence-corrected chi connectivity index (χ0v) is 12.6. The highest BCUT2D eigenvalue weighted by Crippen LogP contribution is 2.20. The van der Waals surface area contributed by atoms with E-state index in [0.717, 1.165) is 0 Å². The van der Waals surface area contributed by atoms with Gasteiger partial charge in [-0.05, 0) is 17.7 Å². The summed E-state index contributed by atoms with van der Waals surface area (Å²) in [5, 5.41) is 10.7. The van der Waals surface area contributed by atoms with Gasteiger partial charge in [0, 0.05) is 37.6 Å². The number of benzene rings is 1. The van der Waals surface area contributed by atoms with E-state index < -0.39 is 15.6 Å². The first-order valence-corrected chi connectivity index (χ1v) is 8.44. The number of hydrogen-bond donors (Lipinski definition) is 2. The molecule has 112 valence electrons. The number of aliphatic hydroxyl groups is 1. The summed E-state index contributed by atoms with van der Waals surface area (Å²) in [4.78, 5) is 0. The zero-order chi connectivity index (χ0) is 14.6. The fraction of sp³-hybridized carbons (Fsp3) is 0.538. The summed E-state index contributed by atoms with van der Waals surface area (Å²) in [6.07, 6.45) is 0.874. The minimum atomic E-state index is -3.50. The van der Waals surface area contributed by atoms with Crippen LogP contribution < -0.4 is 4.72 Å². The average Bonchev–Trinajstić information content (AvgIpc) is 2.37. The van der Waals surface area contributed by atoms with Crippen molar-refractivity contribution in [2.24, 2.45) is 0 Å². The van der Waals surface area contributed by atoms with Crippen molar-refractivity contribution in [3.8, 4) is 0 Å². The molecule has 2 rings (SSSR count). The lowest BCUT2D eigenvalue weighted by Crippen LogP contribution is -2.46. The zero-order valence-electron chi connectivity index (χ0n) is 11.0. The lowest BCUT2D eigenvalue weighted by molar-refractivity contribution is -0.0588. The number of halogens is 1. The maximum absolute atomic E-state index is 12.0. The summed E-state index contributed by atoms with van der Waals surface area (Å²) in [7, 11) is -3.50. The van der Waals surface area contributed by atoms with E-state index in [4.69, 9.17) is 16.3 Å². The van der Waals surface area contributed by atoms with Gasteiger partial charge in [-0.2, -0.15) is 0 Å². The number of rotatable bonds is 5. The third-order valence-corrected chi connectivity index (χ3v) is 4.82. The van der Waals surface area contributed by atoms with Gasteiger partial charge in [-0.15, -0.1) is 0 Å². The smallest absolute Gasteiger partial charge is 0.215 e. The summed E-state index contributed by atoms with van der Waals surface area (Å²) in [5.74, 6) is -0.153. The predicted molar refractivity (Wildman–Crippen MR) is 77.1 cm³/mol. The van der Waals surface area contributed by atoms with Crippen LogP contribution in [0.25, 0.3) is 0 Å². The Hall–Kier alpha value is -0.660. The second-order valence-corrected chi connectivity index (χ2v) is 7.29. The largest absolute Gasteiger partial charge is 0.388 e. The Balaban J connectivity index is 1.94. The topological polar surface area (TPSA) is 75.6 Å². The van der Waals surface area contributed by atoms with Crippen molar-refractivity contribution in [3.05, 3.63) is 34.9 Å². The maximum Gasteiger partial charge on any atom is 0.215 e. The molecule has 5 nitrogen and oxygen atoms in total. The van der Waals surface area contributed by atoms with Crippen molar-refractivity contribution in [2.75, 3.05) is 19.8 Å². The molecular weight excluding hydrogens is 302 g/mol. The normalized spacial score (nSPS) is 18.9. The van der Waals surface area contributed by atoms with Gasteiger partial charge in [0.25, 0.3) is 0 Å². The van der Waals surface area contributed by atoms with E-state index in [1.165, 1.54) is 0 Å².